The zero-order valence-corrected chi connectivity index (χ0v) is 6.65. The molecule has 0 aromatic rings. The first-order valence-corrected chi connectivity index (χ1v) is 3.84. The number of hydrogen-bond acceptors (Lipinski definition) is 1. The van der Waals surface area contributed by atoms with Gasteiger partial charge in [0.1, 0.15) is 0 Å². The molecule has 1 aliphatic carbocycles. The highest BCUT2D eigenvalue weighted by molar-refractivity contribution is 4.95. The molecule has 1 fully saturated rings. The smallest absolute Gasteiger partial charge is 0.0177 e. The Morgan fingerprint density at radius 2 is 1.56 bits per heavy atom. The van der Waals surface area contributed by atoms with Crippen molar-refractivity contribution in [2.75, 3.05) is 0 Å². The van der Waals surface area contributed by atoms with E-state index < -0.39 is 0 Å². The third-order valence-electron chi connectivity index (χ3n) is 3.16. The predicted molar refractivity (Wildman–Crippen MR) is 40.2 cm³/mol. The largest absolute Gasteiger partial charge is 0.325 e. The van der Waals surface area contributed by atoms with Gasteiger partial charge in [-0.05, 0) is 31.6 Å². The summed E-state index contributed by atoms with van der Waals surface area (Å²) in [5, 5.41) is 0. The molecule has 1 rings (SSSR count). The van der Waals surface area contributed by atoms with E-state index in [-0.39, 0.29) is 5.54 Å². The van der Waals surface area contributed by atoms with Gasteiger partial charge in [0.2, 0.25) is 0 Å². The van der Waals surface area contributed by atoms with E-state index >= 15 is 0 Å². The van der Waals surface area contributed by atoms with Crippen molar-refractivity contribution < 1.29 is 0 Å². The van der Waals surface area contributed by atoms with Gasteiger partial charge in [-0.15, -0.1) is 0 Å². The monoisotopic (exact) mass is 127 g/mol. The molecule has 0 aromatic heterocycles. The fraction of sp³-hybridized carbons (Fsp3) is 1.00. The standard InChI is InChI=1S/C8H17N/c1-6-4-5-7(2)8(6,3)9/h6-7H,4-5,9H2,1-3H3. The van der Waals surface area contributed by atoms with Gasteiger partial charge >= 0.3 is 0 Å². The van der Waals surface area contributed by atoms with Crippen molar-refractivity contribution in [2.45, 2.75) is 39.2 Å². The van der Waals surface area contributed by atoms with Gasteiger partial charge < -0.3 is 5.73 Å². The van der Waals surface area contributed by atoms with Gasteiger partial charge in [0.15, 0.2) is 0 Å². The van der Waals surface area contributed by atoms with E-state index in [0.29, 0.717) is 11.8 Å². The number of rotatable bonds is 0. The SMILES string of the molecule is CC1CCC(C)C1(C)N. The second-order valence-corrected chi connectivity index (χ2v) is 3.75. The van der Waals surface area contributed by atoms with Crippen LogP contribution in [-0.4, -0.2) is 5.54 Å². The lowest BCUT2D eigenvalue weighted by molar-refractivity contribution is 0.303. The maximum absolute atomic E-state index is 6.06. The minimum Gasteiger partial charge on any atom is -0.325 e. The molecule has 0 heterocycles. The topological polar surface area (TPSA) is 26.0 Å². The minimum atomic E-state index is 0.111. The first-order valence-electron chi connectivity index (χ1n) is 3.84. The van der Waals surface area contributed by atoms with Crippen LogP contribution in [0.4, 0.5) is 0 Å². The highest BCUT2D eigenvalue weighted by Crippen LogP contribution is 2.37. The van der Waals surface area contributed by atoms with Gasteiger partial charge in [-0.25, -0.2) is 0 Å². The Morgan fingerprint density at radius 1 is 1.22 bits per heavy atom. The molecule has 1 nitrogen and oxygen atoms in total. The van der Waals surface area contributed by atoms with Gasteiger partial charge in [0.05, 0.1) is 0 Å². The molecule has 0 saturated heterocycles. The maximum Gasteiger partial charge on any atom is 0.0177 e. The summed E-state index contributed by atoms with van der Waals surface area (Å²) in [4.78, 5) is 0. The van der Waals surface area contributed by atoms with Gasteiger partial charge in [0, 0.05) is 5.54 Å². The van der Waals surface area contributed by atoms with Gasteiger partial charge in [-0.1, -0.05) is 13.8 Å². The van der Waals surface area contributed by atoms with Crippen LogP contribution in [0, 0.1) is 11.8 Å². The van der Waals surface area contributed by atoms with Crippen molar-refractivity contribution in [3.05, 3.63) is 0 Å². The highest BCUT2D eigenvalue weighted by atomic mass is 14.8. The molecule has 0 aromatic carbocycles. The average Bonchev–Trinajstić information content (AvgIpc) is 1.96. The van der Waals surface area contributed by atoms with E-state index in [0.717, 1.165) is 0 Å². The van der Waals surface area contributed by atoms with E-state index in [2.05, 4.69) is 20.8 Å². The molecule has 54 valence electrons. The molecule has 0 spiro atoms. The van der Waals surface area contributed by atoms with Crippen molar-refractivity contribution in [1.82, 2.24) is 0 Å². The van der Waals surface area contributed by atoms with Crippen LogP contribution in [0.15, 0.2) is 0 Å². The summed E-state index contributed by atoms with van der Waals surface area (Å²) in [5.74, 6) is 1.43. The maximum atomic E-state index is 6.06. The van der Waals surface area contributed by atoms with E-state index in [1.165, 1.54) is 12.8 Å². The summed E-state index contributed by atoms with van der Waals surface area (Å²) in [6, 6.07) is 0. The van der Waals surface area contributed by atoms with Crippen LogP contribution in [0.2, 0.25) is 0 Å². The van der Waals surface area contributed by atoms with Crippen LogP contribution >= 0.6 is 0 Å². The van der Waals surface area contributed by atoms with Crippen LogP contribution in [0.25, 0.3) is 0 Å². The zero-order chi connectivity index (χ0) is 7.07. The Bertz CT molecular complexity index is 95.1. The van der Waals surface area contributed by atoms with Crippen LogP contribution in [0.1, 0.15) is 33.6 Å². The highest BCUT2D eigenvalue weighted by Gasteiger charge is 2.37. The second kappa shape index (κ2) is 1.98. The van der Waals surface area contributed by atoms with E-state index in [4.69, 9.17) is 5.73 Å². The molecule has 1 saturated carbocycles. The molecule has 9 heavy (non-hydrogen) atoms. The molecule has 0 amide bonds. The Balaban J connectivity index is 2.66. The Hall–Kier alpha value is -0.0400. The summed E-state index contributed by atoms with van der Waals surface area (Å²) in [6.07, 6.45) is 2.63. The lowest BCUT2D eigenvalue weighted by atomic mass is 9.86. The van der Waals surface area contributed by atoms with Crippen LogP contribution in [0.3, 0.4) is 0 Å². The van der Waals surface area contributed by atoms with Crippen molar-refractivity contribution in [2.24, 2.45) is 17.6 Å². The van der Waals surface area contributed by atoms with Crippen molar-refractivity contribution in [3.63, 3.8) is 0 Å². The van der Waals surface area contributed by atoms with Crippen molar-refractivity contribution in [3.8, 4) is 0 Å². The summed E-state index contributed by atoms with van der Waals surface area (Å²) in [7, 11) is 0. The lowest BCUT2D eigenvalue weighted by Gasteiger charge is -2.28. The molecule has 1 heteroatoms. The molecular weight excluding hydrogens is 110 g/mol. The Labute approximate surface area is 57.6 Å². The van der Waals surface area contributed by atoms with Gasteiger partial charge in [-0.2, -0.15) is 0 Å². The first kappa shape index (κ1) is 7.07. The quantitative estimate of drug-likeness (QED) is 0.527. The molecule has 2 unspecified atom stereocenters. The minimum absolute atomic E-state index is 0.111. The predicted octanol–water partition coefficient (Wildman–Crippen LogP) is 1.77. The molecule has 0 radical (unpaired) electrons. The Morgan fingerprint density at radius 3 is 1.67 bits per heavy atom. The third-order valence-corrected chi connectivity index (χ3v) is 3.16. The summed E-state index contributed by atoms with van der Waals surface area (Å²) < 4.78 is 0. The van der Waals surface area contributed by atoms with Crippen molar-refractivity contribution in [1.29, 1.82) is 0 Å². The van der Waals surface area contributed by atoms with Crippen LogP contribution in [-0.2, 0) is 0 Å². The molecule has 1 aliphatic rings. The molecule has 2 atom stereocenters. The number of hydrogen-bond donors (Lipinski definition) is 1. The van der Waals surface area contributed by atoms with Gasteiger partial charge in [-0.3, -0.25) is 0 Å². The molecule has 0 aliphatic heterocycles. The van der Waals surface area contributed by atoms with E-state index in [1.54, 1.807) is 0 Å². The molecular formula is C8H17N. The van der Waals surface area contributed by atoms with E-state index in [9.17, 15) is 0 Å². The van der Waals surface area contributed by atoms with Crippen LogP contribution < -0.4 is 5.73 Å². The lowest BCUT2D eigenvalue weighted by Crippen LogP contribution is -2.43. The average molecular weight is 127 g/mol. The number of nitrogens with two attached hydrogens (primary N) is 1. The third kappa shape index (κ3) is 0.983. The fourth-order valence-corrected chi connectivity index (χ4v) is 1.61. The van der Waals surface area contributed by atoms with Crippen molar-refractivity contribution >= 4 is 0 Å². The second-order valence-electron chi connectivity index (χ2n) is 3.75. The summed E-state index contributed by atoms with van der Waals surface area (Å²) in [5.41, 5.74) is 6.18. The van der Waals surface area contributed by atoms with Gasteiger partial charge in [0.25, 0.3) is 0 Å². The summed E-state index contributed by atoms with van der Waals surface area (Å²) >= 11 is 0. The molecule has 0 bridgehead atoms. The normalized spacial score (nSPS) is 52.0. The zero-order valence-electron chi connectivity index (χ0n) is 6.65. The first-order chi connectivity index (χ1) is 4.05. The molecule has 2 N–H and O–H groups in total. The Kier molecular flexibility index (Phi) is 1.55. The summed E-state index contributed by atoms with van der Waals surface area (Å²) in [6.45, 7) is 6.68. The fourth-order valence-electron chi connectivity index (χ4n) is 1.61. The van der Waals surface area contributed by atoms with Crippen LogP contribution in [0.5, 0.6) is 0 Å². The van der Waals surface area contributed by atoms with E-state index in [1.807, 2.05) is 0 Å².